The molecule has 0 saturated carbocycles. The van der Waals surface area contributed by atoms with E-state index in [2.05, 4.69) is 17.1 Å². The molecule has 0 bridgehead atoms. The van der Waals surface area contributed by atoms with Crippen molar-refractivity contribution in [3.05, 3.63) is 29.6 Å². The van der Waals surface area contributed by atoms with Crippen LogP contribution in [0.2, 0.25) is 0 Å². The fraction of sp³-hybridized carbons (Fsp3) is 0.588. The highest BCUT2D eigenvalue weighted by atomic mass is 19.1. The van der Waals surface area contributed by atoms with E-state index >= 15 is 0 Å². The minimum atomic E-state index is -0.629. The molecule has 1 saturated heterocycles. The first kappa shape index (κ1) is 17.7. The summed E-state index contributed by atoms with van der Waals surface area (Å²) in [7, 11) is 1.37. The number of likely N-dealkylation sites (tertiary alicyclic amines) is 1. The minimum absolute atomic E-state index is 0.0981. The molecule has 2 rings (SSSR count). The lowest BCUT2D eigenvalue weighted by Crippen LogP contribution is -2.43. The predicted octanol–water partition coefficient (Wildman–Crippen LogP) is 1.66. The summed E-state index contributed by atoms with van der Waals surface area (Å²) in [6.07, 6.45) is 1.66. The van der Waals surface area contributed by atoms with E-state index in [1.54, 1.807) is 0 Å². The van der Waals surface area contributed by atoms with Gasteiger partial charge in [0.15, 0.2) is 11.6 Å². The van der Waals surface area contributed by atoms with Gasteiger partial charge < -0.3 is 20.1 Å². The fourth-order valence-corrected chi connectivity index (χ4v) is 2.73. The Hall–Kier alpha value is -1.66. The lowest BCUT2D eigenvalue weighted by Gasteiger charge is -2.31. The number of methoxy groups -OCH3 is 1. The first-order valence-electron chi connectivity index (χ1n) is 8.01. The third-order valence-corrected chi connectivity index (χ3v) is 4.26. The first-order chi connectivity index (χ1) is 11.0. The van der Waals surface area contributed by atoms with Gasteiger partial charge in [-0.3, -0.25) is 4.79 Å². The monoisotopic (exact) mass is 324 g/mol. The molecular weight excluding hydrogens is 299 g/mol. The molecule has 0 aliphatic carbocycles. The number of nitrogens with one attached hydrogen (secondary N) is 1. The van der Waals surface area contributed by atoms with Crippen LogP contribution in [0.4, 0.5) is 4.39 Å². The van der Waals surface area contributed by atoms with Crippen LogP contribution < -0.4 is 10.1 Å². The number of hydrogen-bond acceptors (Lipinski definition) is 4. The Balaban J connectivity index is 1.78. The van der Waals surface area contributed by atoms with Crippen LogP contribution in [-0.2, 0) is 0 Å². The molecule has 1 aromatic carbocycles. The van der Waals surface area contributed by atoms with Gasteiger partial charge in [-0.25, -0.2) is 4.39 Å². The Morgan fingerprint density at radius 1 is 1.48 bits per heavy atom. The molecule has 1 unspecified atom stereocenters. The number of ether oxygens (including phenoxy) is 1. The van der Waals surface area contributed by atoms with Gasteiger partial charge in [0, 0.05) is 18.7 Å². The molecule has 1 aliphatic rings. The number of β-amino-alcohol motifs (C(OH)–C–C–N with tert-alkyl or cyclic N) is 1. The molecule has 6 heteroatoms. The van der Waals surface area contributed by atoms with Gasteiger partial charge in [-0.1, -0.05) is 6.92 Å². The maximum absolute atomic E-state index is 13.6. The second kappa shape index (κ2) is 8.26. The number of piperidine rings is 1. The summed E-state index contributed by atoms with van der Waals surface area (Å²) in [5, 5.41) is 12.7. The molecule has 0 spiro atoms. The van der Waals surface area contributed by atoms with E-state index < -0.39 is 17.8 Å². The van der Waals surface area contributed by atoms with Crippen molar-refractivity contribution in [3.8, 4) is 5.75 Å². The van der Waals surface area contributed by atoms with Gasteiger partial charge in [0.2, 0.25) is 0 Å². The van der Waals surface area contributed by atoms with E-state index in [0.717, 1.165) is 37.9 Å². The Bertz CT molecular complexity index is 531. The van der Waals surface area contributed by atoms with Gasteiger partial charge >= 0.3 is 0 Å². The van der Waals surface area contributed by atoms with Gasteiger partial charge in [-0.15, -0.1) is 0 Å². The number of aliphatic hydroxyl groups excluding tert-OH is 1. The predicted molar refractivity (Wildman–Crippen MR) is 86.1 cm³/mol. The summed E-state index contributed by atoms with van der Waals surface area (Å²) in [5.41, 5.74) is 0.210. The third-order valence-electron chi connectivity index (χ3n) is 4.26. The number of aliphatic hydroxyl groups is 1. The molecule has 1 aliphatic heterocycles. The Labute approximate surface area is 136 Å². The maximum atomic E-state index is 13.6. The van der Waals surface area contributed by atoms with Crippen LogP contribution in [0.5, 0.6) is 5.75 Å². The summed E-state index contributed by atoms with van der Waals surface area (Å²) < 4.78 is 18.4. The van der Waals surface area contributed by atoms with Crippen LogP contribution in [0.15, 0.2) is 18.2 Å². The third kappa shape index (κ3) is 5.18. The van der Waals surface area contributed by atoms with Gasteiger partial charge in [0.05, 0.1) is 13.2 Å². The number of rotatable bonds is 6. The molecule has 2 N–H and O–H groups in total. The number of halogens is 1. The Kier molecular flexibility index (Phi) is 6.36. The largest absolute Gasteiger partial charge is 0.494 e. The zero-order valence-electron chi connectivity index (χ0n) is 13.7. The van der Waals surface area contributed by atoms with E-state index in [1.165, 1.54) is 19.2 Å². The van der Waals surface area contributed by atoms with Crippen molar-refractivity contribution in [3.63, 3.8) is 0 Å². The number of amides is 1. The second-order valence-corrected chi connectivity index (χ2v) is 6.20. The van der Waals surface area contributed by atoms with Crippen LogP contribution >= 0.6 is 0 Å². The van der Waals surface area contributed by atoms with Gasteiger partial charge in [-0.2, -0.15) is 0 Å². The van der Waals surface area contributed by atoms with Crippen molar-refractivity contribution in [1.82, 2.24) is 10.2 Å². The molecule has 1 amide bonds. The molecule has 1 fully saturated rings. The number of hydrogen-bond donors (Lipinski definition) is 2. The van der Waals surface area contributed by atoms with Crippen molar-refractivity contribution < 1.29 is 19.0 Å². The number of carbonyl (C=O) groups excluding carboxylic acids is 1. The normalized spacial score (nSPS) is 17.7. The summed E-state index contributed by atoms with van der Waals surface area (Å²) in [5.74, 6) is -0.144. The Morgan fingerprint density at radius 3 is 2.78 bits per heavy atom. The zero-order valence-corrected chi connectivity index (χ0v) is 13.7. The van der Waals surface area contributed by atoms with Crippen LogP contribution in [0, 0.1) is 11.7 Å². The molecule has 0 radical (unpaired) electrons. The van der Waals surface area contributed by atoms with Crippen LogP contribution in [0.3, 0.4) is 0 Å². The Morgan fingerprint density at radius 2 is 2.17 bits per heavy atom. The molecule has 1 heterocycles. The lowest BCUT2D eigenvalue weighted by molar-refractivity contribution is 0.0795. The van der Waals surface area contributed by atoms with Crippen molar-refractivity contribution in [1.29, 1.82) is 0 Å². The fourth-order valence-electron chi connectivity index (χ4n) is 2.73. The average Bonchev–Trinajstić information content (AvgIpc) is 2.54. The number of benzene rings is 1. The smallest absolute Gasteiger partial charge is 0.251 e. The van der Waals surface area contributed by atoms with Crippen molar-refractivity contribution in [2.24, 2.45) is 5.92 Å². The topological polar surface area (TPSA) is 61.8 Å². The average molecular weight is 324 g/mol. The van der Waals surface area contributed by atoms with Gasteiger partial charge in [-0.05, 0) is 50.0 Å². The second-order valence-electron chi connectivity index (χ2n) is 6.20. The molecule has 23 heavy (non-hydrogen) atoms. The van der Waals surface area contributed by atoms with E-state index in [-0.39, 0.29) is 17.9 Å². The molecular formula is C17H25FN2O3. The SMILES string of the molecule is COc1ccc(C(=O)NCC(O)CN2CCC(C)CC2)cc1F. The number of carbonyl (C=O) groups is 1. The number of nitrogens with zero attached hydrogens (tertiary/aromatic N) is 1. The van der Waals surface area contributed by atoms with Crippen molar-refractivity contribution >= 4 is 5.91 Å². The molecule has 5 nitrogen and oxygen atoms in total. The van der Waals surface area contributed by atoms with Crippen molar-refractivity contribution in [2.45, 2.75) is 25.9 Å². The van der Waals surface area contributed by atoms with Gasteiger partial charge in [0.25, 0.3) is 5.91 Å². The van der Waals surface area contributed by atoms with E-state index in [4.69, 9.17) is 4.74 Å². The van der Waals surface area contributed by atoms with E-state index in [9.17, 15) is 14.3 Å². The standard InChI is InChI=1S/C17H25FN2O3/c1-12-5-7-20(8-6-12)11-14(21)10-19-17(22)13-3-4-16(23-2)15(18)9-13/h3-4,9,12,14,21H,5-8,10-11H2,1-2H3,(H,19,22). The van der Waals surface area contributed by atoms with Crippen LogP contribution in [-0.4, -0.2) is 55.3 Å². The van der Waals surface area contributed by atoms with E-state index in [1.807, 2.05) is 0 Å². The van der Waals surface area contributed by atoms with E-state index in [0.29, 0.717) is 6.54 Å². The molecule has 1 atom stereocenters. The van der Waals surface area contributed by atoms with Crippen LogP contribution in [0.1, 0.15) is 30.1 Å². The maximum Gasteiger partial charge on any atom is 0.251 e. The highest BCUT2D eigenvalue weighted by Gasteiger charge is 2.19. The first-order valence-corrected chi connectivity index (χ1v) is 8.01. The summed E-state index contributed by atoms with van der Waals surface area (Å²) in [6, 6.07) is 4.04. The summed E-state index contributed by atoms with van der Waals surface area (Å²) >= 11 is 0. The zero-order chi connectivity index (χ0) is 16.8. The van der Waals surface area contributed by atoms with Crippen LogP contribution in [0.25, 0.3) is 0 Å². The van der Waals surface area contributed by atoms with Gasteiger partial charge in [0.1, 0.15) is 0 Å². The quantitative estimate of drug-likeness (QED) is 0.835. The van der Waals surface area contributed by atoms with Crippen molar-refractivity contribution in [2.75, 3.05) is 33.3 Å². The molecule has 0 aromatic heterocycles. The highest BCUT2D eigenvalue weighted by Crippen LogP contribution is 2.18. The molecule has 1 aromatic rings. The summed E-state index contributed by atoms with van der Waals surface area (Å²) in [6.45, 7) is 4.90. The molecule has 128 valence electrons. The lowest BCUT2D eigenvalue weighted by atomic mass is 9.99. The minimum Gasteiger partial charge on any atom is -0.494 e. The summed E-state index contributed by atoms with van der Waals surface area (Å²) in [4.78, 5) is 14.2. The highest BCUT2D eigenvalue weighted by molar-refractivity contribution is 5.94.